The highest BCUT2D eigenvalue weighted by Gasteiger charge is 2.40. The number of nitrogens with one attached hydrogen (secondary N) is 1. The van der Waals surface area contributed by atoms with Crippen LogP contribution in [0.25, 0.3) is 0 Å². The first kappa shape index (κ1) is 22.4. The Morgan fingerprint density at radius 2 is 1.61 bits per heavy atom. The van der Waals surface area contributed by atoms with E-state index < -0.39 is 0 Å². The molecular formula is C23H25Cl3N4O. The Hall–Kier alpha value is -1.79. The molecule has 0 radical (unpaired) electrons. The first-order valence-electron chi connectivity index (χ1n) is 10.6. The van der Waals surface area contributed by atoms with Gasteiger partial charge in [0.25, 0.3) is 5.91 Å². The number of anilines is 1. The fraction of sp³-hybridized carbons (Fsp3) is 0.391. The summed E-state index contributed by atoms with van der Waals surface area (Å²) < 4.78 is 0. The molecule has 2 aliphatic rings. The quantitative estimate of drug-likeness (QED) is 0.576. The Morgan fingerprint density at radius 1 is 0.968 bits per heavy atom. The van der Waals surface area contributed by atoms with Crippen LogP contribution < -0.4 is 10.4 Å². The summed E-state index contributed by atoms with van der Waals surface area (Å²) in [5, 5.41) is 10.3. The van der Waals surface area contributed by atoms with Crippen molar-refractivity contribution in [3.63, 3.8) is 0 Å². The maximum atomic E-state index is 13.2. The van der Waals surface area contributed by atoms with E-state index in [9.17, 15) is 4.79 Å². The molecule has 0 spiro atoms. The second-order valence-corrected chi connectivity index (χ2v) is 9.33. The van der Waals surface area contributed by atoms with Gasteiger partial charge in [-0.3, -0.25) is 15.2 Å². The minimum absolute atomic E-state index is 0.153. The maximum absolute atomic E-state index is 13.2. The molecule has 2 unspecified atom stereocenters. The van der Waals surface area contributed by atoms with E-state index in [2.05, 4.69) is 5.43 Å². The molecule has 8 heteroatoms. The average molecular weight is 480 g/mol. The van der Waals surface area contributed by atoms with Gasteiger partial charge in [0.05, 0.1) is 16.8 Å². The minimum Gasteiger partial charge on any atom is -0.284 e. The van der Waals surface area contributed by atoms with Crippen molar-refractivity contribution in [2.45, 2.75) is 38.6 Å². The van der Waals surface area contributed by atoms with Crippen LogP contribution >= 0.6 is 34.8 Å². The zero-order valence-electron chi connectivity index (χ0n) is 17.3. The Bertz CT molecular complexity index is 971. The van der Waals surface area contributed by atoms with E-state index in [1.807, 2.05) is 47.3 Å². The molecule has 1 N–H and O–H groups in total. The van der Waals surface area contributed by atoms with Crippen molar-refractivity contribution in [2.75, 3.05) is 18.1 Å². The van der Waals surface area contributed by atoms with Crippen molar-refractivity contribution in [3.8, 4) is 0 Å². The predicted octanol–water partition coefficient (Wildman–Crippen LogP) is 6.11. The molecule has 2 aromatic carbocycles. The van der Waals surface area contributed by atoms with E-state index in [4.69, 9.17) is 39.9 Å². The lowest BCUT2D eigenvalue weighted by Crippen LogP contribution is -2.46. The molecule has 0 aliphatic carbocycles. The summed E-state index contributed by atoms with van der Waals surface area (Å²) in [6.07, 6.45) is 4.57. The van der Waals surface area contributed by atoms with E-state index in [1.165, 1.54) is 12.8 Å². The number of hydrazone groups is 1. The summed E-state index contributed by atoms with van der Waals surface area (Å²) >= 11 is 18.7. The molecule has 1 fully saturated rings. The lowest BCUT2D eigenvalue weighted by Gasteiger charge is -2.27. The monoisotopic (exact) mass is 478 g/mol. The topological polar surface area (TPSA) is 47.9 Å². The smallest absolute Gasteiger partial charge is 0.282 e. The number of hydrazine groups is 1. The molecule has 2 aromatic rings. The lowest BCUT2D eigenvalue weighted by atomic mass is 9.91. The number of carbonyl (C=O) groups is 1. The second kappa shape index (κ2) is 9.78. The van der Waals surface area contributed by atoms with Crippen molar-refractivity contribution in [2.24, 2.45) is 11.0 Å². The second-order valence-electron chi connectivity index (χ2n) is 8.05. The lowest BCUT2D eigenvalue weighted by molar-refractivity contribution is -0.119. The fourth-order valence-corrected chi connectivity index (χ4v) is 4.85. The van der Waals surface area contributed by atoms with Crippen molar-refractivity contribution < 1.29 is 4.79 Å². The highest BCUT2D eigenvalue weighted by Crippen LogP contribution is 2.42. The summed E-state index contributed by atoms with van der Waals surface area (Å²) in [7, 11) is 0. The fourth-order valence-electron chi connectivity index (χ4n) is 4.23. The molecule has 2 heterocycles. The highest BCUT2D eigenvalue weighted by atomic mass is 35.5. The molecule has 164 valence electrons. The van der Waals surface area contributed by atoms with E-state index >= 15 is 0 Å². The summed E-state index contributed by atoms with van der Waals surface area (Å²) in [5.74, 6) is -0.319. The molecule has 0 saturated carbocycles. The highest BCUT2D eigenvalue weighted by molar-refractivity contribution is 6.41. The normalized spacial score (nSPS) is 22.2. The van der Waals surface area contributed by atoms with Gasteiger partial charge in [-0.1, -0.05) is 66.7 Å². The third-order valence-corrected chi connectivity index (χ3v) is 6.64. The molecule has 2 aliphatic heterocycles. The zero-order chi connectivity index (χ0) is 22.0. The number of rotatable bonds is 4. The van der Waals surface area contributed by atoms with Gasteiger partial charge >= 0.3 is 0 Å². The van der Waals surface area contributed by atoms with Crippen LogP contribution in [-0.2, 0) is 4.79 Å². The first-order chi connectivity index (χ1) is 14.9. The third kappa shape index (κ3) is 5.01. The van der Waals surface area contributed by atoms with Crippen molar-refractivity contribution in [1.29, 1.82) is 0 Å². The van der Waals surface area contributed by atoms with Gasteiger partial charge in [0.1, 0.15) is 5.71 Å². The number of hydrogen-bond acceptors (Lipinski definition) is 4. The summed E-state index contributed by atoms with van der Waals surface area (Å²) in [5.41, 5.74) is 5.26. The molecule has 31 heavy (non-hydrogen) atoms. The molecule has 4 rings (SSSR count). The van der Waals surface area contributed by atoms with Gasteiger partial charge in [0, 0.05) is 29.1 Å². The van der Waals surface area contributed by atoms with Crippen LogP contribution in [0.3, 0.4) is 0 Å². The van der Waals surface area contributed by atoms with Crippen molar-refractivity contribution in [3.05, 3.63) is 63.1 Å². The van der Waals surface area contributed by atoms with Crippen LogP contribution in [0.2, 0.25) is 15.1 Å². The molecule has 1 amide bonds. The van der Waals surface area contributed by atoms with Crippen LogP contribution in [0.4, 0.5) is 5.69 Å². The number of benzene rings is 2. The zero-order valence-corrected chi connectivity index (χ0v) is 19.6. The number of halogens is 3. The molecule has 5 nitrogen and oxygen atoms in total. The number of carbonyl (C=O) groups excluding carboxylic acids is 1. The molecule has 0 aromatic heterocycles. The number of nitrogens with zero attached hydrogens (tertiary/aromatic N) is 3. The van der Waals surface area contributed by atoms with Gasteiger partial charge < -0.3 is 0 Å². The van der Waals surface area contributed by atoms with Gasteiger partial charge in [-0.15, -0.1) is 0 Å². The van der Waals surface area contributed by atoms with Gasteiger partial charge in [0.2, 0.25) is 0 Å². The predicted molar refractivity (Wildman–Crippen MR) is 128 cm³/mol. The minimum atomic E-state index is -0.194. The summed E-state index contributed by atoms with van der Waals surface area (Å²) in [6, 6.07) is 12.7. The largest absolute Gasteiger partial charge is 0.284 e. The summed E-state index contributed by atoms with van der Waals surface area (Å²) in [6.45, 7) is 3.74. The van der Waals surface area contributed by atoms with Gasteiger partial charge in [0.15, 0.2) is 0 Å². The molecule has 0 bridgehead atoms. The van der Waals surface area contributed by atoms with Crippen LogP contribution in [0.1, 0.15) is 44.2 Å². The van der Waals surface area contributed by atoms with Crippen LogP contribution in [0, 0.1) is 5.92 Å². The van der Waals surface area contributed by atoms with E-state index in [1.54, 1.807) is 12.1 Å². The molecule has 1 saturated heterocycles. The number of hydrogen-bond donors (Lipinski definition) is 1. The summed E-state index contributed by atoms with van der Waals surface area (Å²) in [4.78, 5) is 13.2. The average Bonchev–Trinajstić information content (AvgIpc) is 2.89. The van der Waals surface area contributed by atoms with Crippen LogP contribution in [0.5, 0.6) is 0 Å². The molecular weight excluding hydrogens is 455 g/mol. The number of amides is 1. The van der Waals surface area contributed by atoms with Gasteiger partial charge in [-0.05, 0) is 48.7 Å². The maximum Gasteiger partial charge on any atom is 0.282 e. The Morgan fingerprint density at radius 3 is 2.26 bits per heavy atom. The van der Waals surface area contributed by atoms with Crippen molar-refractivity contribution in [1.82, 2.24) is 10.4 Å². The standard InChI is InChI=1S/C23H25Cl3N4O/c1-15-21(23(31)28-29-12-4-2-3-5-13-29)27-30(20-11-10-18(25)14-19(20)26)22(15)16-6-8-17(24)9-7-16/h6-11,14-15,22H,2-5,12-13H2,1H3,(H,28,31). The Kier molecular flexibility index (Phi) is 7.07. The Labute approximate surface area is 197 Å². The SMILES string of the molecule is CC1C(C(=O)NN2CCCCCC2)=NN(c2ccc(Cl)cc2Cl)C1c1ccc(Cl)cc1. The van der Waals surface area contributed by atoms with Gasteiger partial charge in [-0.2, -0.15) is 5.10 Å². The van der Waals surface area contributed by atoms with E-state index in [0.717, 1.165) is 31.5 Å². The third-order valence-electron chi connectivity index (χ3n) is 5.85. The van der Waals surface area contributed by atoms with E-state index in [0.29, 0.717) is 26.5 Å². The Balaban J connectivity index is 1.66. The van der Waals surface area contributed by atoms with Crippen LogP contribution in [-0.4, -0.2) is 29.7 Å². The van der Waals surface area contributed by atoms with Crippen molar-refractivity contribution >= 4 is 52.1 Å². The van der Waals surface area contributed by atoms with Crippen LogP contribution in [0.15, 0.2) is 47.6 Å². The first-order valence-corrected chi connectivity index (χ1v) is 11.7. The van der Waals surface area contributed by atoms with Gasteiger partial charge in [-0.25, -0.2) is 5.01 Å². The molecule has 2 atom stereocenters. The van der Waals surface area contributed by atoms with E-state index in [-0.39, 0.29) is 17.9 Å².